The highest BCUT2D eigenvalue weighted by atomic mass is 35.5. The van der Waals surface area contributed by atoms with Crippen LogP contribution in [0.1, 0.15) is 10.4 Å². The summed E-state index contributed by atoms with van der Waals surface area (Å²) >= 11 is 17.8. The highest BCUT2D eigenvalue weighted by Gasteiger charge is 2.19. The number of halogens is 4. The number of carbonyl (C=O) groups excluding carboxylic acids is 1. The second-order valence-corrected chi connectivity index (χ2v) is 4.99. The molecule has 0 N–H and O–H groups in total. The molecule has 0 spiro atoms. The van der Waals surface area contributed by atoms with Crippen LogP contribution in [0.4, 0.5) is 4.39 Å². The highest BCUT2D eigenvalue weighted by Crippen LogP contribution is 2.36. The molecule has 1 aromatic heterocycles. The molecule has 20 heavy (non-hydrogen) atoms. The van der Waals surface area contributed by atoms with E-state index in [0.717, 1.165) is 6.07 Å². The van der Waals surface area contributed by atoms with Crippen molar-refractivity contribution < 1.29 is 13.9 Å². The van der Waals surface area contributed by atoms with Crippen LogP contribution in [0, 0.1) is 5.95 Å². The Morgan fingerprint density at radius 1 is 1.15 bits per heavy atom. The van der Waals surface area contributed by atoms with Crippen molar-refractivity contribution in [3.63, 3.8) is 0 Å². The van der Waals surface area contributed by atoms with Gasteiger partial charge in [0.2, 0.25) is 5.95 Å². The molecule has 0 saturated heterocycles. The molecule has 0 aliphatic rings. The highest BCUT2D eigenvalue weighted by molar-refractivity contribution is 6.44. The maximum atomic E-state index is 13.3. The summed E-state index contributed by atoms with van der Waals surface area (Å²) in [6, 6.07) is 5.14. The van der Waals surface area contributed by atoms with Gasteiger partial charge in [-0.15, -0.1) is 0 Å². The molecule has 0 bridgehead atoms. The number of nitrogens with zero attached hydrogens (tertiary/aromatic N) is 1. The van der Waals surface area contributed by atoms with Crippen LogP contribution in [0.3, 0.4) is 0 Å². The molecule has 0 amide bonds. The number of pyridine rings is 1. The van der Waals surface area contributed by atoms with Gasteiger partial charge in [0.05, 0.1) is 33.4 Å². The molecule has 1 heterocycles. The summed E-state index contributed by atoms with van der Waals surface area (Å²) in [5, 5.41) is 0.659. The van der Waals surface area contributed by atoms with E-state index in [1.807, 2.05) is 0 Å². The number of ether oxygens (including phenoxy) is 1. The van der Waals surface area contributed by atoms with E-state index in [4.69, 9.17) is 34.8 Å². The van der Waals surface area contributed by atoms with E-state index in [1.54, 1.807) is 0 Å². The normalized spacial score (nSPS) is 10.4. The van der Waals surface area contributed by atoms with Crippen LogP contribution in [0.15, 0.2) is 24.3 Å². The molecular formula is C13H7Cl3FNO2. The summed E-state index contributed by atoms with van der Waals surface area (Å²) in [6.07, 6.45) is 0. The van der Waals surface area contributed by atoms with Crippen LogP contribution in [0.2, 0.25) is 15.1 Å². The number of carbonyl (C=O) groups is 1. The van der Waals surface area contributed by atoms with Gasteiger partial charge in [-0.3, -0.25) is 0 Å². The molecule has 1 aromatic carbocycles. The van der Waals surface area contributed by atoms with Gasteiger partial charge in [-0.1, -0.05) is 34.8 Å². The first kappa shape index (κ1) is 15.0. The van der Waals surface area contributed by atoms with Gasteiger partial charge in [0.1, 0.15) is 0 Å². The Kier molecular flexibility index (Phi) is 4.48. The second-order valence-electron chi connectivity index (χ2n) is 3.77. The maximum Gasteiger partial charge on any atom is 0.340 e. The Bertz CT molecular complexity index is 692. The SMILES string of the molecule is COC(=O)c1ccc(F)nc1-c1cc(Cl)c(Cl)cc1Cl. The van der Waals surface area contributed by atoms with Gasteiger partial charge in [-0.2, -0.15) is 4.39 Å². The number of esters is 1. The third-order valence-electron chi connectivity index (χ3n) is 2.53. The van der Waals surface area contributed by atoms with Crippen molar-refractivity contribution in [2.45, 2.75) is 0 Å². The molecule has 2 aromatic rings. The molecule has 0 saturated carbocycles. The zero-order chi connectivity index (χ0) is 14.9. The molecule has 3 nitrogen and oxygen atoms in total. The van der Waals surface area contributed by atoms with Crippen LogP contribution >= 0.6 is 34.8 Å². The van der Waals surface area contributed by atoms with E-state index < -0.39 is 11.9 Å². The molecule has 0 aliphatic heterocycles. The maximum absolute atomic E-state index is 13.3. The molecular weight excluding hydrogens is 328 g/mol. The van der Waals surface area contributed by atoms with E-state index in [1.165, 1.54) is 25.3 Å². The first-order chi connectivity index (χ1) is 9.43. The molecule has 0 atom stereocenters. The Morgan fingerprint density at radius 2 is 1.80 bits per heavy atom. The molecule has 2 rings (SSSR count). The largest absolute Gasteiger partial charge is 0.465 e. The first-order valence-corrected chi connectivity index (χ1v) is 6.47. The van der Waals surface area contributed by atoms with Gasteiger partial charge >= 0.3 is 5.97 Å². The van der Waals surface area contributed by atoms with E-state index in [0.29, 0.717) is 5.56 Å². The molecule has 0 radical (unpaired) electrons. The fourth-order valence-electron chi connectivity index (χ4n) is 1.62. The lowest BCUT2D eigenvalue weighted by Gasteiger charge is -2.10. The summed E-state index contributed by atoms with van der Waals surface area (Å²) in [4.78, 5) is 15.4. The second kappa shape index (κ2) is 5.95. The zero-order valence-electron chi connectivity index (χ0n) is 10.1. The molecule has 7 heteroatoms. The number of benzene rings is 1. The smallest absolute Gasteiger partial charge is 0.340 e. The van der Waals surface area contributed by atoms with Crippen molar-refractivity contribution >= 4 is 40.8 Å². The van der Waals surface area contributed by atoms with Crippen LogP contribution in [-0.4, -0.2) is 18.1 Å². The Morgan fingerprint density at radius 3 is 2.45 bits per heavy atom. The van der Waals surface area contributed by atoms with Gasteiger partial charge < -0.3 is 4.74 Å². The van der Waals surface area contributed by atoms with Crippen LogP contribution in [0.5, 0.6) is 0 Å². The zero-order valence-corrected chi connectivity index (χ0v) is 12.4. The minimum atomic E-state index is -0.755. The topological polar surface area (TPSA) is 39.2 Å². The Balaban J connectivity index is 2.71. The minimum absolute atomic E-state index is 0.0421. The summed E-state index contributed by atoms with van der Waals surface area (Å²) in [5.74, 6) is -1.41. The first-order valence-electron chi connectivity index (χ1n) is 5.34. The van der Waals surface area contributed by atoms with Crippen molar-refractivity contribution in [1.29, 1.82) is 0 Å². The van der Waals surface area contributed by atoms with E-state index in [9.17, 15) is 9.18 Å². The predicted octanol–water partition coefficient (Wildman–Crippen LogP) is 4.63. The van der Waals surface area contributed by atoms with Crippen molar-refractivity contribution in [3.8, 4) is 11.3 Å². The van der Waals surface area contributed by atoms with E-state index in [-0.39, 0.29) is 26.3 Å². The summed E-state index contributed by atoms with van der Waals surface area (Å²) in [5.41, 5.74) is 0.413. The number of hydrogen-bond donors (Lipinski definition) is 0. The lowest BCUT2D eigenvalue weighted by atomic mass is 10.1. The standard InChI is InChI=1S/C13H7Cl3FNO2/c1-20-13(19)6-2-3-11(17)18-12(6)7-4-9(15)10(16)5-8(7)14/h2-5H,1H3. The average molecular weight is 335 g/mol. The minimum Gasteiger partial charge on any atom is -0.465 e. The third-order valence-corrected chi connectivity index (χ3v) is 3.57. The van der Waals surface area contributed by atoms with Gasteiger partial charge in [-0.25, -0.2) is 9.78 Å². The number of aromatic nitrogens is 1. The monoisotopic (exact) mass is 333 g/mol. The quantitative estimate of drug-likeness (QED) is 0.456. The van der Waals surface area contributed by atoms with Gasteiger partial charge in [-0.05, 0) is 24.3 Å². The molecule has 0 fully saturated rings. The van der Waals surface area contributed by atoms with Gasteiger partial charge in [0.15, 0.2) is 0 Å². The summed E-state index contributed by atoms with van der Waals surface area (Å²) in [6.45, 7) is 0. The van der Waals surface area contributed by atoms with Crippen LogP contribution in [0.25, 0.3) is 11.3 Å². The van der Waals surface area contributed by atoms with E-state index >= 15 is 0 Å². The van der Waals surface area contributed by atoms with E-state index in [2.05, 4.69) is 9.72 Å². The Hall–Kier alpha value is -1.36. The fourth-order valence-corrected chi connectivity index (χ4v) is 2.26. The lowest BCUT2D eigenvalue weighted by Crippen LogP contribution is -2.06. The van der Waals surface area contributed by atoms with Crippen molar-refractivity contribution in [1.82, 2.24) is 4.98 Å². The van der Waals surface area contributed by atoms with Crippen LogP contribution in [-0.2, 0) is 4.74 Å². The fraction of sp³-hybridized carbons (Fsp3) is 0.0769. The predicted molar refractivity (Wildman–Crippen MR) is 76.0 cm³/mol. The average Bonchev–Trinajstić information content (AvgIpc) is 2.42. The molecule has 104 valence electrons. The number of rotatable bonds is 2. The number of methoxy groups -OCH3 is 1. The lowest BCUT2D eigenvalue weighted by molar-refractivity contribution is 0.0601. The van der Waals surface area contributed by atoms with Gasteiger partial charge in [0.25, 0.3) is 0 Å². The number of hydrogen-bond acceptors (Lipinski definition) is 3. The van der Waals surface area contributed by atoms with Crippen molar-refractivity contribution in [3.05, 3.63) is 50.8 Å². The van der Waals surface area contributed by atoms with Crippen LogP contribution < -0.4 is 0 Å². The molecule has 0 unspecified atom stereocenters. The summed E-state index contributed by atoms with van der Waals surface area (Å²) < 4.78 is 18.0. The van der Waals surface area contributed by atoms with Crippen molar-refractivity contribution in [2.75, 3.05) is 7.11 Å². The van der Waals surface area contributed by atoms with Gasteiger partial charge in [0, 0.05) is 5.56 Å². The summed E-state index contributed by atoms with van der Waals surface area (Å²) in [7, 11) is 1.21. The molecule has 0 aliphatic carbocycles. The third kappa shape index (κ3) is 2.87. The Labute approximate surface area is 129 Å². The van der Waals surface area contributed by atoms with Crippen molar-refractivity contribution in [2.24, 2.45) is 0 Å².